The predicted octanol–water partition coefficient (Wildman–Crippen LogP) is 18.5. The van der Waals surface area contributed by atoms with Gasteiger partial charge in [0.05, 0.1) is 13.2 Å². The second kappa shape index (κ2) is 56.7. The third-order valence-corrected chi connectivity index (χ3v) is 13.6. The van der Waals surface area contributed by atoms with Crippen molar-refractivity contribution >= 4 is 19.8 Å². The molecule has 0 aliphatic carbocycles. The number of phosphoric acid groups is 1. The number of hydrogen-bond donors (Lipinski definition) is 2. The van der Waals surface area contributed by atoms with E-state index in [-0.39, 0.29) is 38.6 Å². The van der Waals surface area contributed by atoms with Gasteiger partial charge in [-0.3, -0.25) is 18.6 Å². The molecule has 0 spiro atoms. The molecule has 0 aromatic heterocycles. The number of esters is 2. The number of nitrogens with two attached hydrogens (primary N) is 1. The van der Waals surface area contributed by atoms with Gasteiger partial charge in [-0.1, -0.05) is 267 Å². The Morgan fingerprint density at radius 2 is 0.775 bits per heavy atom. The monoisotopic (exact) mass is 1020 g/mol. The average Bonchev–Trinajstić information content (AvgIpc) is 3.36. The van der Waals surface area contributed by atoms with Crippen LogP contribution in [0.15, 0.2) is 72.9 Å². The van der Waals surface area contributed by atoms with Crippen molar-refractivity contribution in [2.45, 2.75) is 277 Å². The van der Waals surface area contributed by atoms with Crippen molar-refractivity contribution in [1.29, 1.82) is 0 Å². The molecule has 0 aromatic carbocycles. The normalized spacial score (nSPS) is 13.6. The molecule has 0 saturated heterocycles. The zero-order valence-electron chi connectivity index (χ0n) is 45.9. The Bertz CT molecular complexity index is 1390. The Balaban J connectivity index is 4.00. The fourth-order valence-corrected chi connectivity index (χ4v) is 9.05. The third-order valence-electron chi connectivity index (χ3n) is 12.6. The van der Waals surface area contributed by atoms with E-state index in [4.69, 9.17) is 24.3 Å². The van der Waals surface area contributed by atoms with Crippen molar-refractivity contribution < 1.29 is 37.6 Å². The molecule has 9 nitrogen and oxygen atoms in total. The van der Waals surface area contributed by atoms with Gasteiger partial charge in [0.1, 0.15) is 6.61 Å². The molecule has 0 fully saturated rings. The summed E-state index contributed by atoms with van der Waals surface area (Å²) >= 11 is 0. The lowest BCUT2D eigenvalue weighted by atomic mass is 10.0. The second-order valence-corrected chi connectivity index (χ2v) is 20.9. The summed E-state index contributed by atoms with van der Waals surface area (Å²) in [6, 6.07) is 0. The van der Waals surface area contributed by atoms with E-state index in [1.54, 1.807) is 0 Å². The van der Waals surface area contributed by atoms with Crippen LogP contribution in [0.3, 0.4) is 0 Å². The van der Waals surface area contributed by atoms with Gasteiger partial charge in [-0.05, 0) is 64.2 Å². The lowest BCUT2D eigenvalue weighted by Gasteiger charge is -2.19. The van der Waals surface area contributed by atoms with Crippen LogP contribution in [-0.4, -0.2) is 49.3 Å². The zero-order chi connectivity index (χ0) is 51.7. The number of allylic oxidation sites excluding steroid dienone is 12. The quantitative estimate of drug-likeness (QED) is 0.0264. The summed E-state index contributed by atoms with van der Waals surface area (Å²) in [5.74, 6) is -0.837. The summed E-state index contributed by atoms with van der Waals surface area (Å²) in [6.45, 7) is 3.64. The molecule has 3 N–H and O–H groups in total. The Morgan fingerprint density at radius 3 is 1.15 bits per heavy atom. The molecule has 0 bridgehead atoms. The van der Waals surface area contributed by atoms with Gasteiger partial charge in [-0.25, -0.2) is 4.57 Å². The highest BCUT2D eigenvalue weighted by Gasteiger charge is 2.26. The smallest absolute Gasteiger partial charge is 0.462 e. The standard InChI is InChI=1S/C61H110NO8P/c1-3-5-7-9-11-13-15-17-19-21-23-25-27-29-31-33-35-37-39-41-43-45-47-49-51-53-60(63)67-57-59(58-69-71(65,66)68-56-55-62)70-61(64)54-52-50-48-46-44-42-40-38-36-34-32-30-28-26-24-22-20-18-16-14-12-10-8-6-4-2/h6,8,12,14,18,20,24,26,30,32,36,38,59H,3-5,7,9-11,13,15-17,19,21-23,25,27-29,31,33-35,37,39-58,62H2,1-2H3,(H,65,66)/b8-6-,14-12-,20-18-,26-24-,32-30-,38-36-. The summed E-state index contributed by atoms with van der Waals surface area (Å²) in [4.78, 5) is 35.2. The summed E-state index contributed by atoms with van der Waals surface area (Å²) in [6.07, 6.45) is 72.4. The van der Waals surface area contributed by atoms with Crippen LogP contribution < -0.4 is 5.73 Å². The van der Waals surface area contributed by atoms with Gasteiger partial charge in [-0.15, -0.1) is 0 Å². The summed E-state index contributed by atoms with van der Waals surface area (Å²) in [5, 5.41) is 0. The predicted molar refractivity (Wildman–Crippen MR) is 302 cm³/mol. The van der Waals surface area contributed by atoms with E-state index < -0.39 is 26.5 Å². The van der Waals surface area contributed by atoms with E-state index in [0.29, 0.717) is 6.42 Å². The lowest BCUT2D eigenvalue weighted by Crippen LogP contribution is -2.29. The molecular weight excluding hydrogens is 906 g/mol. The molecule has 0 aliphatic heterocycles. The van der Waals surface area contributed by atoms with Crippen molar-refractivity contribution in [3.05, 3.63) is 72.9 Å². The van der Waals surface area contributed by atoms with Crippen LogP contribution in [-0.2, 0) is 32.7 Å². The average molecular weight is 1020 g/mol. The molecule has 0 aliphatic rings. The maximum Gasteiger partial charge on any atom is 0.472 e. The summed E-state index contributed by atoms with van der Waals surface area (Å²) < 4.78 is 33.0. The van der Waals surface area contributed by atoms with E-state index in [9.17, 15) is 19.0 Å². The third kappa shape index (κ3) is 56.6. The number of unbranched alkanes of at least 4 members (excludes halogenated alkanes) is 30. The van der Waals surface area contributed by atoms with Crippen LogP contribution in [0.2, 0.25) is 0 Å². The molecule has 0 radical (unpaired) electrons. The highest BCUT2D eigenvalue weighted by Crippen LogP contribution is 2.43. The maximum atomic E-state index is 12.7. The number of carbonyl (C=O) groups is 2. The van der Waals surface area contributed by atoms with Gasteiger partial charge >= 0.3 is 19.8 Å². The second-order valence-electron chi connectivity index (χ2n) is 19.5. The Morgan fingerprint density at radius 1 is 0.437 bits per heavy atom. The van der Waals surface area contributed by atoms with Gasteiger partial charge in [-0.2, -0.15) is 0 Å². The van der Waals surface area contributed by atoms with E-state index in [1.807, 2.05) is 0 Å². The summed E-state index contributed by atoms with van der Waals surface area (Å²) in [5.41, 5.74) is 5.38. The van der Waals surface area contributed by atoms with Gasteiger partial charge in [0.25, 0.3) is 0 Å². The van der Waals surface area contributed by atoms with Gasteiger partial charge in [0.15, 0.2) is 6.10 Å². The molecule has 0 amide bonds. The van der Waals surface area contributed by atoms with Crippen molar-refractivity contribution in [3.63, 3.8) is 0 Å². The molecule has 10 heteroatoms. The van der Waals surface area contributed by atoms with Crippen molar-refractivity contribution in [2.24, 2.45) is 5.73 Å². The number of hydrogen-bond acceptors (Lipinski definition) is 8. The van der Waals surface area contributed by atoms with Gasteiger partial charge in [0, 0.05) is 19.4 Å². The van der Waals surface area contributed by atoms with Crippen LogP contribution >= 0.6 is 7.82 Å². The van der Waals surface area contributed by atoms with Crippen molar-refractivity contribution in [3.8, 4) is 0 Å². The van der Waals surface area contributed by atoms with Crippen LogP contribution in [0.4, 0.5) is 0 Å². The van der Waals surface area contributed by atoms with E-state index in [2.05, 4.69) is 86.8 Å². The molecule has 2 atom stereocenters. The minimum absolute atomic E-state index is 0.0487. The highest BCUT2D eigenvalue weighted by atomic mass is 31.2. The van der Waals surface area contributed by atoms with Crippen LogP contribution in [0, 0.1) is 0 Å². The van der Waals surface area contributed by atoms with Crippen molar-refractivity contribution in [2.75, 3.05) is 26.4 Å². The first kappa shape index (κ1) is 68.5. The van der Waals surface area contributed by atoms with Crippen LogP contribution in [0.25, 0.3) is 0 Å². The van der Waals surface area contributed by atoms with Crippen molar-refractivity contribution in [1.82, 2.24) is 0 Å². The lowest BCUT2D eigenvalue weighted by molar-refractivity contribution is -0.161. The zero-order valence-corrected chi connectivity index (χ0v) is 46.8. The SMILES string of the molecule is CC/C=C\C/C=C\C/C=C\C/C=C\C/C=C\C/C=C\CCCCCCCCC(=O)OC(COC(=O)CCCCCCCCCCCCCCCCCCCCCCCCCCC)COP(=O)(O)OCCN. The fraction of sp³-hybridized carbons (Fsp3) is 0.770. The van der Waals surface area contributed by atoms with Gasteiger partial charge < -0.3 is 20.1 Å². The van der Waals surface area contributed by atoms with E-state index in [1.165, 1.54) is 141 Å². The molecular formula is C61H110NO8P. The number of carbonyl (C=O) groups excluding carboxylic acids is 2. The maximum absolute atomic E-state index is 12.7. The highest BCUT2D eigenvalue weighted by molar-refractivity contribution is 7.47. The summed E-state index contributed by atoms with van der Waals surface area (Å²) in [7, 11) is -4.39. The molecule has 0 rings (SSSR count). The number of ether oxygens (including phenoxy) is 2. The fourth-order valence-electron chi connectivity index (χ4n) is 8.29. The number of rotatable bonds is 55. The topological polar surface area (TPSA) is 134 Å². The molecule has 0 aromatic rings. The largest absolute Gasteiger partial charge is 0.472 e. The molecule has 2 unspecified atom stereocenters. The number of phosphoric ester groups is 1. The van der Waals surface area contributed by atoms with Crippen LogP contribution in [0.5, 0.6) is 0 Å². The Labute approximate surface area is 437 Å². The van der Waals surface area contributed by atoms with Crippen LogP contribution in [0.1, 0.15) is 271 Å². The Kier molecular flexibility index (Phi) is 54.7. The molecule has 71 heavy (non-hydrogen) atoms. The van der Waals surface area contributed by atoms with E-state index >= 15 is 0 Å². The Hall–Kier alpha value is -2.55. The molecule has 0 saturated carbocycles. The first-order valence-electron chi connectivity index (χ1n) is 29.4. The first-order valence-corrected chi connectivity index (χ1v) is 30.9. The molecule has 412 valence electrons. The van der Waals surface area contributed by atoms with E-state index in [0.717, 1.165) is 96.3 Å². The molecule has 0 heterocycles. The minimum Gasteiger partial charge on any atom is -0.462 e. The minimum atomic E-state index is -4.39. The first-order chi connectivity index (χ1) is 34.8. The van der Waals surface area contributed by atoms with Gasteiger partial charge in [0.2, 0.25) is 0 Å².